The molecule has 1 heterocycles. The quantitative estimate of drug-likeness (QED) is 0.655. The fraction of sp³-hybridized carbons (Fsp3) is 0.727. The molecule has 0 saturated heterocycles. The molecule has 0 bridgehead atoms. The zero-order valence-corrected chi connectivity index (χ0v) is 12.4. The molecule has 108 valence electrons. The molecule has 1 aromatic rings. The Hall–Kier alpha value is -1.18. The monoisotopic (exact) mass is 288 g/mol. The predicted octanol–water partition coefficient (Wildman–Crippen LogP) is 0.947. The average molecular weight is 289 g/mol. The summed E-state index contributed by atoms with van der Waals surface area (Å²) >= 11 is 5.80. The molecule has 0 aliphatic carbocycles. The molecule has 1 aromatic heterocycles. The zero-order valence-electron chi connectivity index (χ0n) is 11.6. The molecule has 0 saturated carbocycles. The van der Waals surface area contributed by atoms with E-state index in [1.54, 1.807) is 0 Å². The second-order valence-corrected chi connectivity index (χ2v) is 4.46. The Balaban J connectivity index is 2.28. The van der Waals surface area contributed by atoms with E-state index in [-0.39, 0.29) is 5.28 Å². The summed E-state index contributed by atoms with van der Waals surface area (Å²) < 4.78 is 5.45. The van der Waals surface area contributed by atoms with Crippen molar-refractivity contribution < 1.29 is 4.74 Å². The maximum atomic E-state index is 5.80. The molecule has 0 unspecified atom stereocenters. The number of hydrogen-bond donors (Lipinski definition) is 2. The van der Waals surface area contributed by atoms with E-state index in [0.717, 1.165) is 13.1 Å². The third kappa shape index (κ3) is 7.09. The zero-order chi connectivity index (χ0) is 14.1. The van der Waals surface area contributed by atoms with Crippen LogP contribution in [0.2, 0.25) is 5.28 Å². The number of nitrogens with one attached hydrogen (secondary N) is 2. The number of aromatic nitrogens is 3. The molecule has 0 atom stereocenters. The lowest BCUT2D eigenvalue weighted by Crippen LogP contribution is -2.20. The van der Waals surface area contributed by atoms with Gasteiger partial charge in [-0.3, -0.25) is 0 Å². The number of ether oxygens (including phenoxy) is 1. The standard InChI is InChI=1S/C11H21ClN6O/c1-4-13-10-15-9(12)16-11(17-10)14-5-7-19-8-6-18(2)3/h4-8H2,1-3H3,(H2,13,14,15,16,17). The molecular weight excluding hydrogens is 268 g/mol. The number of rotatable bonds is 9. The van der Waals surface area contributed by atoms with E-state index >= 15 is 0 Å². The van der Waals surface area contributed by atoms with Crippen molar-refractivity contribution in [1.29, 1.82) is 0 Å². The van der Waals surface area contributed by atoms with Crippen LogP contribution >= 0.6 is 11.6 Å². The second kappa shape index (κ2) is 8.84. The van der Waals surface area contributed by atoms with Crippen LogP contribution in [-0.2, 0) is 4.74 Å². The first-order chi connectivity index (χ1) is 9.11. The Morgan fingerprint density at radius 1 is 1.11 bits per heavy atom. The van der Waals surface area contributed by atoms with Crippen molar-refractivity contribution >= 4 is 23.5 Å². The summed E-state index contributed by atoms with van der Waals surface area (Å²) in [5, 5.41) is 6.20. The lowest BCUT2D eigenvalue weighted by Gasteiger charge is -2.10. The van der Waals surface area contributed by atoms with E-state index < -0.39 is 0 Å². The summed E-state index contributed by atoms with van der Waals surface area (Å²) in [5.41, 5.74) is 0. The third-order valence-electron chi connectivity index (χ3n) is 2.16. The van der Waals surface area contributed by atoms with Gasteiger partial charge in [0.05, 0.1) is 13.2 Å². The smallest absolute Gasteiger partial charge is 0.228 e. The third-order valence-corrected chi connectivity index (χ3v) is 2.32. The molecule has 19 heavy (non-hydrogen) atoms. The second-order valence-electron chi connectivity index (χ2n) is 4.12. The van der Waals surface area contributed by atoms with Gasteiger partial charge < -0.3 is 20.3 Å². The number of nitrogens with zero attached hydrogens (tertiary/aromatic N) is 4. The van der Waals surface area contributed by atoms with Crippen molar-refractivity contribution in [2.75, 3.05) is 57.6 Å². The molecule has 7 nitrogen and oxygen atoms in total. The van der Waals surface area contributed by atoms with Crippen molar-refractivity contribution in [3.8, 4) is 0 Å². The molecular formula is C11H21ClN6O. The van der Waals surface area contributed by atoms with E-state index in [1.165, 1.54) is 0 Å². The summed E-state index contributed by atoms with van der Waals surface area (Å²) in [6.45, 7) is 5.52. The molecule has 0 spiro atoms. The van der Waals surface area contributed by atoms with Crippen molar-refractivity contribution in [2.24, 2.45) is 0 Å². The van der Waals surface area contributed by atoms with Crippen molar-refractivity contribution in [3.05, 3.63) is 5.28 Å². The van der Waals surface area contributed by atoms with Crippen molar-refractivity contribution in [3.63, 3.8) is 0 Å². The van der Waals surface area contributed by atoms with Crippen LogP contribution in [0.25, 0.3) is 0 Å². The van der Waals surface area contributed by atoms with Gasteiger partial charge in [0.15, 0.2) is 0 Å². The predicted molar refractivity (Wildman–Crippen MR) is 76.9 cm³/mol. The molecule has 0 radical (unpaired) electrons. The maximum Gasteiger partial charge on any atom is 0.228 e. The minimum Gasteiger partial charge on any atom is -0.378 e. The highest BCUT2D eigenvalue weighted by molar-refractivity contribution is 6.28. The van der Waals surface area contributed by atoms with Gasteiger partial charge in [0.1, 0.15) is 0 Å². The minimum absolute atomic E-state index is 0.168. The van der Waals surface area contributed by atoms with E-state index in [1.807, 2.05) is 21.0 Å². The highest BCUT2D eigenvalue weighted by atomic mass is 35.5. The largest absolute Gasteiger partial charge is 0.378 e. The lowest BCUT2D eigenvalue weighted by molar-refractivity contribution is 0.126. The molecule has 0 fully saturated rings. The lowest BCUT2D eigenvalue weighted by atomic mass is 10.6. The fourth-order valence-corrected chi connectivity index (χ4v) is 1.41. The Morgan fingerprint density at radius 2 is 1.79 bits per heavy atom. The van der Waals surface area contributed by atoms with Crippen LogP contribution in [0, 0.1) is 0 Å². The first kappa shape index (κ1) is 15.9. The van der Waals surface area contributed by atoms with Gasteiger partial charge in [-0.15, -0.1) is 0 Å². The summed E-state index contributed by atoms with van der Waals surface area (Å²) in [6, 6.07) is 0. The number of halogens is 1. The van der Waals surface area contributed by atoms with Crippen LogP contribution in [0.1, 0.15) is 6.92 Å². The van der Waals surface area contributed by atoms with Crippen LogP contribution < -0.4 is 10.6 Å². The number of hydrogen-bond acceptors (Lipinski definition) is 7. The van der Waals surface area contributed by atoms with Gasteiger partial charge >= 0.3 is 0 Å². The minimum atomic E-state index is 0.168. The van der Waals surface area contributed by atoms with Crippen LogP contribution in [-0.4, -0.2) is 66.8 Å². The highest BCUT2D eigenvalue weighted by Crippen LogP contribution is 2.08. The first-order valence-corrected chi connectivity index (χ1v) is 6.61. The van der Waals surface area contributed by atoms with E-state index in [9.17, 15) is 0 Å². The Labute approximate surface area is 118 Å². The molecule has 2 N–H and O–H groups in total. The van der Waals surface area contributed by atoms with Crippen LogP contribution in [0.15, 0.2) is 0 Å². The van der Waals surface area contributed by atoms with Crippen molar-refractivity contribution in [1.82, 2.24) is 19.9 Å². The van der Waals surface area contributed by atoms with Gasteiger partial charge in [-0.05, 0) is 32.6 Å². The van der Waals surface area contributed by atoms with E-state index in [4.69, 9.17) is 16.3 Å². The summed E-state index contributed by atoms with van der Waals surface area (Å²) in [5.74, 6) is 0.922. The Bertz CT molecular complexity index is 376. The molecule has 0 aliphatic rings. The number of likely N-dealkylation sites (N-methyl/N-ethyl adjacent to an activating group) is 1. The summed E-state index contributed by atoms with van der Waals surface area (Å²) in [6.07, 6.45) is 0. The molecule has 0 aliphatic heterocycles. The van der Waals surface area contributed by atoms with Gasteiger partial charge in [0.25, 0.3) is 0 Å². The topological polar surface area (TPSA) is 75.2 Å². The average Bonchev–Trinajstić information content (AvgIpc) is 2.33. The highest BCUT2D eigenvalue weighted by Gasteiger charge is 2.03. The molecule has 8 heteroatoms. The van der Waals surface area contributed by atoms with Crippen LogP contribution in [0.5, 0.6) is 0 Å². The van der Waals surface area contributed by atoms with Crippen molar-refractivity contribution in [2.45, 2.75) is 6.92 Å². The van der Waals surface area contributed by atoms with E-state index in [2.05, 4.69) is 30.5 Å². The van der Waals surface area contributed by atoms with Crippen LogP contribution in [0.3, 0.4) is 0 Å². The van der Waals surface area contributed by atoms with Gasteiger partial charge in [-0.25, -0.2) is 0 Å². The normalized spacial score (nSPS) is 10.8. The Morgan fingerprint density at radius 3 is 2.42 bits per heavy atom. The Kier molecular flexibility index (Phi) is 7.39. The maximum absolute atomic E-state index is 5.80. The summed E-state index contributed by atoms with van der Waals surface area (Å²) in [7, 11) is 4.02. The summed E-state index contributed by atoms with van der Waals surface area (Å²) in [4.78, 5) is 14.2. The van der Waals surface area contributed by atoms with Gasteiger partial charge in [0.2, 0.25) is 17.2 Å². The first-order valence-electron chi connectivity index (χ1n) is 6.23. The van der Waals surface area contributed by atoms with E-state index in [0.29, 0.717) is 31.7 Å². The van der Waals surface area contributed by atoms with Gasteiger partial charge in [-0.1, -0.05) is 0 Å². The molecule has 1 rings (SSSR count). The SMILES string of the molecule is CCNc1nc(Cl)nc(NCCOCCN(C)C)n1. The fourth-order valence-electron chi connectivity index (χ4n) is 1.25. The molecule has 0 amide bonds. The van der Waals surface area contributed by atoms with Crippen LogP contribution in [0.4, 0.5) is 11.9 Å². The molecule has 0 aromatic carbocycles. The number of anilines is 2. The van der Waals surface area contributed by atoms with Gasteiger partial charge in [0, 0.05) is 19.6 Å². The van der Waals surface area contributed by atoms with Gasteiger partial charge in [-0.2, -0.15) is 15.0 Å².